The summed E-state index contributed by atoms with van der Waals surface area (Å²) < 4.78 is 0. The Balaban J connectivity index is 1.38. The van der Waals surface area contributed by atoms with Gasteiger partial charge in [-0.15, -0.1) is 22.7 Å². The molecule has 0 saturated carbocycles. The zero-order valence-corrected chi connectivity index (χ0v) is 14.2. The van der Waals surface area contributed by atoms with E-state index < -0.39 is 0 Å². The molecule has 2 saturated heterocycles. The first-order valence-electron chi connectivity index (χ1n) is 7.63. The van der Waals surface area contributed by atoms with E-state index in [4.69, 9.17) is 0 Å². The van der Waals surface area contributed by atoms with Gasteiger partial charge in [-0.2, -0.15) is 0 Å². The molecule has 0 aliphatic carbocycles. The third-order valence-electron chi connectivity index (χ3n) is 4.58. The molecule has 4 heterocycles. The van der Waals surface area contributed by atoms with Crippen LogP contribution in [0.15, 0.2) is 22.9 Å². The molecular weight excluding hydrogens is 314 g/mol. The Morgan fingerprint density at radius 3 is 2.86 bits per heavy atom. The number of amides is 1. The fraction of sp³-hybridized carbons (Fsp3) is 0.500. The molecule has 2 aliphatic rings. The highest BCUT2D eigenvalue weighted by Crippen LogP contribution is 2.34. The maximum Gasteiger partial charge on any atom is 0.227 e. The molecule has 2 aliphatic heterocycles. The number of hydrogen-bond donors (Lipinski definition) is 0. The van der Waals surface area contributed by atoms with Crippen molar-refractivity contribution in [3.8, 4) is 0 Å². The summed E-state index contributed by atoms with van der Waals surface area (Å²) in [5.41, 5.74) is 1.03. The molecule has 0 bridgehead atoms. The van der Waals surface area contributed by atoms with Crippen molar-refractivity contribution in [2.24, 2.45) is 11.8 Å². The lowest BCUT2D eigenvalue weighted by Gasteiger charge is -2.20. The van der Waals surface area contributed by atoms with E-state index in [0.717, 1.165) is 36.9 Å². The number of hydrogen-bond acceptors (Lipinski definition) is 5. The zero-order chi connectivity index (χ0) is 15.1. The molecule has 2 atom stereocenters. The Bertz CT molecular complexity index is 667. The number of thiophene rings is 1. The molecule has 116 valence electrons. The number of nitrogens with zero attached hydrogens (tertiary/aromatic N) is 3. The summed E-state index contributed by atoms with van der Waals surface area (Å²) in [6, 6.07) is 4.27. The topological polar surface area (TPSA) is 36.4 Å². The third-order valence-corrected chi connectivity index (χ3v) is 6.26. The highest BCUT2D eigenvalue weighted by atomic mass is 32.1. The molecule has 0 aromatic carbocycles. The lowest BCUT2D eigenvalue weighted by Crippen LogP contribution is -2.32. The number of fused-ring (bicyclic) bond motifs is 1. The quantitative estimate of drug-likeness (QED) is 0.863. The molecule has 0 unspecified atom stereocenters. The van der Waals surface area contributed by atoms with Gasteiger partial charge in [0.1, 0.15) is 0 Å². The van der Waals surface area contributed by atoms with Crippen LogP contribution in [0.3, 0.4) is 0 Å². The van der Waals surface area contributed by atoms with Crippen LogP contribution in [0.1, 0.15) is 15.6 Å². The Morgan fingerprint density at radius 1 is 1.27 bits per heavy atom. The summed E-state index contributed by atoms with van der Waals surface area (Å²) in [6.07, 6.45) is 0. The van der Waals surface area contributed by atoms with Crippen molar-refractivity contribution in [1.82, 2.24) is 14.8 Å². The molecule has 1 amide bonds. The second-order valence-electron chi connectivity index (χ2n) is 6.22. The standard InChI is InChI=1S/C16H19N3OS2/c1-11-17-13(10-22-11)7-19-6-12-5-18(9-15(12)16(19)20)8-14-3-2-4-21-14/h2-4,10,12,15H,5-9H2,1H3/t12-,15-/m0/s1. The second kappa shape index (κ2) is 5.76. The van der Waals surface area contributed by atoms with Gasteiger partial charge >= 0.3 is 0 Å². The van der Waals surface area contributed by atoms with Gasteiger partial charge in [0.2, 0.25) is 5.91 Å². The highest BCUT2D eigenvalue weighted by Gasteiger charge is 2.45. The fourth-order valence-corrected chi connectivity index (χ4v) is 4.95. The van der Waals surface area contributed by atoms with Gasteiger partial charge in [-0.25, -0.2) is 4.98 Å². The number of thiazole rings is 1. The smallest absolute Gasteiger partial charge is 0.227 e. The number of aromatic nitrogens is 1. The van der Waals surface area contributed by atoms with Crippen molar-refractivity contribution in [3.63, 3.8) is 0 Å². The van der Waals surface area contributed by atoms with Crippen molar-refractivity contribution >= 4 is 28.6 Å². The van der Waals surface area contributed by atoms with Crippen LogP contribution in [0.2, 0.25) is 0 Å². The predicted molar refractivity (Wildman–Crippen MR) is 88.8 cm³/mol. The molecule has 4 nitrogen and oxygen atoms in total. The summed E-state index contributed by atoms with van der Waals surface area (Å²) in [7, 11) is 0. The van der Waals surface area contributed by atoms with Crippen molar-refractivity contribution in [1.29, 1.82) is 0 Å². The van der Waals surface area contributed by atoms with E-state index in [0.29, 0.717) is 18.4 Å². The largest absolute Gasteiger partial charge is 0.336 e. The van der Waals surface area contributed by atoms with E-state index in [2.05, 4.69) is 32.8 Å². The van der Waals surface area contributed by atoms with Gasteiger partial charge in [0, 0.05) is 42.4 Å². The minimum absolute atomic E-state index is 0.194. The van der Waals surface area contributed by atoms with E-state index in [1.165, 1.54) is 4.88 Å². The minimum atomic E-state index is 0.194. The van der Waals surface area contributed by atoms with Crippen LogP contribution in [-0.2, 0) is 17.9 Å². The van der Waals surface area contributed by atoms with Gasteiger partial charge in [-0.3, -0.25) is 9.69 Å². The fourth-order valence-electron chi connectivity index (χ4n) is 3.60. The van der Waals surface area contributed by atoms with Crippen LogP contribution < -0.4 is 0 Å². The van der Waals surface area contributed by atoms with Crippen LogP contribution in [0.25, 0.3) is 0 Å². The summed E-state index contributed by atoms with van der Waals surface area (Å²) in [5.74, 6) is 1.01. The number of likely N-dealkylation sites (tertiary alicyclic amines) is 2. The Labute approximate surface area is 138 Å². The molecule has 4 rings (SSSR count). The monoisotopic (exact) mass is 333 g/mol. The number of carbonyl (C=O) groups excluding carboxylic acids is 1. The van der Waals surface area contributed by atoms with Crippen LogP contribution >= 0.6 is 22.7 Å². The lowest BCUT2D eigenvalue weighted by molar-refractivity contribution is -0.131. The van der Waals surface area contributed by atoms with Gasteiger partial charge < -0.3 is 4.90 Å². The van der Waals surface area contributed by atoms with Crippen LogP contribution in [-0.4, -0.2) is 40.3 Å². The van der Waals surface area contributed by atoms with Crippen molar-refractivity contribution in [3.05, 3.63) is 38.5 Å². The average Bonchev–Trinajstić information content (AvgIpc) is 3.23. The minimum Gasteiger partial charge on any atom is -0.336 e. The van der Waals surface area contributed by atoms with E-state index in [-0.39, 0.29) is 5.92 Å². The molecule has 2 aromatic rings. The maximum atomic E-state index is 12.6. The lowest BCUT2D eigenvalue weighted by atomic mass is 10.0. The molecule has 2 fully saturated rings. The molecule has 2 aromatic heterocycles. The Kier molecular flexibility index (Phi) is 3.76. The van der Waals surface area contributed by atoms with Crippen LogP contribution in [0.4, 0.5) is 0 Å². The second-order valence-corrected chi connectivity index (χ2v) is 8.31. The van der Waals surface area contributed by atoms with Gasteiger partial charge in [-0.1, -0.05) is 6.07 Å². The molecular formula is C16H19N3OS2. The van der Waals surface area contributed by atoms with E-state index in [9.17, 15) is 4.79 Å². The van der Waals surface area contributed by atoms with Crippen LogP contribution in [0.5, 0.6) is 0 Å². The number of carbonyl (C=O) groups is 1. The normalized spacial score (nSPS) is 25.1. The zero-order valence-electron chi connectivity index (χ0n) is 12.6. The molecule has 6 heteroatoms. The first kappa shape index (κ1) is 14.4. The summed E-state index contributed by atoms with van der Waals surface area (Å²) in [4.78, 5) is 22.9. The first-order valence-corrected chi connectivity index (χ1v) is 9.39. The summed E-state index contributed by atoms with van der Waals surface area (Å²) in [6.45, 7) is 6.53. The third kappa shape index (κ3) is 2.71. The van der Waals surface area contributed by atoms with Crippen LogP contribution in [0, 0.1) is 18.8 Å². The van der Waals surface area contributed by atoms with Gasteiger partial charge in [-0.05, 0) is 18.4 Å². The number of rotatable bonds is 4. The van der Waals surface area contributed by atoms with Crippen molar-refractivity contribution in [2.75, 3.05) is 19.6 Å². The van der Waals surface area contributed by atoms with E-state index in [1.807, 2.05) is 11.8 Å². The SMILES string of the molecule is Cc1nc(CN2C[C@@H]3CN(Cc4cccs4)C[C@@H]3C2=O)cs1. The summed E-state index contributed by atoms with van der Waals surface area (Å²) in [5, 5.41) is 5.26. The molecule has 0 radical (unpaired) electrons. The first-order chi connectivity index (χ1) is 10.7. The van der Waals surface area contributed by atoms with E-state index in [1.54, 1.807) is 22.7 Å². The molecule has 0 spiro atoms. The average molecular weight is 333 g/mol. The van der Waals surface area contributed by atoms with Gasteiger partial charge in [0.05, 0.1) is 23.2 Å². The Hall–Kier alpha value is -1.24. The van der Waals surface area contributed by atoms with E-state index >= 15 is 0 Å². The maximum absolute atomic E-state index is 12.6. The summed E-state index contributed by atoms with van der Waals surface area (Å²) >= 11 is 3.46. The van der Waals surface area contributed by atoms with Gasteiger partial charge in [0.25, 0.3) is 0 Å². The number of aryl methyl sites for hydroxylation is 1. The van der Waals surface area contributed by atoms with Crippen molar-refractivity contribution < 1.29 is 4.79 Å². The molecule has 0 N–H and O–H groups in total. The van der Waals surface area contributed by atoms with Gasteiger partial charge in [0.15, 0.2) is 0 Å². The molecule has 22 heavy (non-hydrogen) atoms. The highest BCUT2D eigenvalue weighted by molar-refractivity contribution is 7.10. The van der Waals surface area contributed by atoms with Crippen molar-refractivity contribution in [2.45, 2.75) is 20.0 Å². The predicted octanol–water partition coefficient (Wildman–Crippen LogP) is 2.60. The Morgan fingerprint density at radius 2 is 2.18 bits per heavy atom.